The van der Waals surface area contributed by atoms with Crippen LogP contribution in [0.3, 0.4) is 0 Å². The normalized spacial score (nSPS) is 36.5. The molecule has 1 spiro atoms. The van der Waals surface area contributed by atoms with Gasteiger partial charge in [-0.15, -0.1) is 0 Å². The first-order valence-corrected chi connectivity index (χ1v) is 15.6. The molecule has 4 fully saturated rings. The lowest BCUT2D eigenvalue weighted by molar-refractivity contribution is -0.267. The molecule has 45 heavy (non-hydrogen) atoms. The van der Waals surface area contributed by atoms with Gasteiger partial charge in [0.05, 0.1) is 11.5 Å². The highest BCUT2D eigenvalue weighted by molar-refractivity contribution is 6.11. The van der Waals surface area contributed by atoms with Crippen molar-refractivity contribution in [2.24, 2.45) is 11.8 Å². The van der Waals surface area contributed by atoms with Crippen molar-refractivity contribution in [1.82, 2.24) is 0 Å². The largest absolute Gasteiger partial charge is 0.507 e. The predicted octanol–water partition coefficient (Wildman–Crippen LogP) is 4.86. The fourth-order valence-electron chi connectivity index (χ4n) is 8.95. The lowest BCUT2D eigenvalue weighted by atomic mass is 9.44. The van der Waals surface area contributed by atoms with E-state index in [9.17, 15) is 19.8 Å². The van der Waals surface area contributed by atoms with Crippen LogP contribution < -0.4 is 9.47 Å². The fraction of sp³-hybridized carbons (Fsp3) is 0.629. The minimum absolute atomic E-state index is 0.0273. The number of ketones is 2. The number of benzene rings is 1. The van der Waals surface area contributed by atoms with E-state index in [1.165, 1.54) is 27.2 Å². The number of ether oxygens (including phenoxy) is 5. The van der Waals surface area contributed by atoms with E-state index >= 15 is 4.79 Å². The van der Waals surface area contributed by atoms with Gasteiger partial charge in [0.15, 0.2) is 22.6 Å². The van der Waals surface area contributed by atoms with E-state index < -0.39 is 63.3 Å². The molecule has 0 radical (unpaired) electrons. The number of fused-ring (bicyclic) bond motifs is 3. The molecule has 0 amide bonds. The molecule has 6 aliphatic rings. The van der Waals surface area contributed by atoms with Crippen molar-refractivity contribution in [1.29, 1.82) is 0 Å². The summed E-state index contributed by atoms with van der Waals surface area (Å²) in [6.07, 6.45) is 2.40. The molecule has 10 heteroatoms. The molecule has 3 aliphatic heterocycles. The van der Waals surface area contributed by atoms with Crippen LogP contribution in [-0.4, -0.2) is 76.6 Å². The molecule has 7 rings (SSSR count). The average molecular weight is 625 g/mol. The van der Waals surface area contributed by atoms with E-state index in [0.717, 1.165) is 5.57 Å². The van der Waals surface area contributed by atoms with Crippen LogP contribution in [-0.2, 0) is 35.6 Å². The standard InChI is InChI=1S/C35H44O10/c1-16(2)11-12-19-24(36)21-25(37)22-28(41-9)33(42-10)15-20-32(7,8)45-34(30(33)40,14-13-17(3)29(38)39)35(20,22)44-27(21)23-26(19)43-18(4)31(23,5)6/h11,13,18,20,22,28,36H,12,14-15H2,1-10H3,(H,38,39)/t18-,20+,22-,28-,33-,34+,35+/m0/s1. The van der Waals surface area contributed by atoms with Gasteiger partial charge in [0, 0.05) is 48.7 Å². The highest BCUT2D eigenvalue weighted by Crippen LogP contribution is 2.72. The Bertz CT molecular complexity index is 1600. The summed E-state index contributed by atoms with van der Waals surface area (Å²) in [4.78, 5) is 42.0. The number of methoxy groups -OCH3 is 2. The summed E-state index contributed by atoms with van der Waals surface area (Å²) >= 11 is 0. The molecule has 3 heterocycles. The molecule has 7 atom stereocenters. The molecule has 0 aromatic heterocycles. The Hall–Kier alpha value is -3.21. The Morgan fingerprint density at radius 2 is 1.73 bits per heavy atom. The number of Topliss-reactive ketones (excluding diaryl/α,β-unsaturated/α-hetero) is 2. The smallest absolute Gasteiger partial charge is 0.330 e. The summed E-state index contributed by atoms with van der Waals surface area (Å²) in [5.74, 6) is -3.23. The molecule has 1 aromatic rings. The topological polar surface area (TPSA) is 138 Å². The molecular formula is C35H44O10. The fourth-order valence-corrected chi connectivity index (χ4v) is 8.95. The molecule has 1 aromatic carbocycles. The van der Waals surface area contributed by atoms with Crippen molar-refractivity contribution in [2.75, 3.05) is 14.2 Å². The molecule has 0 unspecified atom stereocenters. The molecule has 2 N–H and O–H groups in total. The second kappa shape index (κ2) is 9.65. The maximum absolute atomic E-state index is 15.2. The second-order valence-electron chi connectivity index (χ2n) is 14.7. The van der Waals surface area contributed by atoms with Gasteiger partial charge in [0.2, 0.25) is 5.78 Å². The third-order valence-electron chi connectivity index (χ3n) is 11.5. The van der Waals surface area contributed by atoms with E-state index in [0.29, 0.717) is 23.3 Å². The van der Waals surface area contributed by atoms with E-state index in [1.807, 2.05) is 54.5 Å². The summed E-state index contributed by atoms with van der Waals surface area (Å²) in [7, 11) is 2.86. The van der Waals surface area contributed by atoms with Crippen molar-refractivity contribution in [3.8, 4) is 17.2 Å². The van der Waals surface area contributed by atoms with Crippen molar-refractivity contribution in [3.05, 3.63) is 40.0 Å². The Labute approximate surface area is 263 Å². The van der Waals surface area contributed by atoms with Gasteiger partial charge in [-0.3, -0.25) is 9.59 Å². The number of carbonyl (C=O) groups is 3. The first-order valence-electron chi connectivity index (χ1n) is 15.6. The first-order chi connectivity index (χ1) is 20.9. The number of hydrogen-bond donors (Lipinski definition) is 2. The molecule has 1 saturated heterocycles. The Kier molecular flexibility index (Phi) is 6.81. The number of allylic oxidation sites excluding steroid dienone is 2. The molecule has 244 valence electrons. The lowest BCUT2D eigenvalue weighted by Crippen LogP contribution is -2.86. The Morgan fingerprint density at radius 3 is 2.31 bits per heavy atom. The van der Waals surface area contributed by atoms with Gasteiger partial charge in [0.1, 0.15) is 35.0 Å². The summed E-state index contributed by atoms with van der Waals surface area (Å²) < 4.78 is 32.5. The molecule has 4 bridgehead atoms. The predicted molar refractivity (Wildman–Crippen MR) is 163 cm³/mol. The van der Waals surface area contributed by atoms with Crippen LogP contribution >= 0.6 is 0 Å². The molecule has 3 saturated carbocycles. The zero-order chi connectivity index (χ0) is 33.2. The number of hydrogen-bond acceptors (Lipinski definition) is 9. The Balaban J connectivity index is 1.72. The summed E-state index contributed by atoms with van der Waals surface area (Å²) in [6.45, 7) is 15.0. The van der Waals surface area contributed by atoms with Crippen LogP contribution in [0.1, 0.15) is 89.7 Å². The number of carboxylic acid groups (broad SMARTS) is 1. The van der Waals surface area contributed by atoms with Crippen molar-refractivity contribution >= 4 is 17.5 Å². The molecular weight excluding hydrogens is 580 g/mol. The number of phenols is 1. The summed E-state index contributed by atoms with van der Waals surface area (Å²) in [5, 5.41) is 21.6. The maximum Gasteiger partial charge on any atom is 0.330 e. The van der Waals surface area contributed by atoms with E-state index in [2.05, 4.69) is 0 Å². The van der Waals surface area contributed by atoms with Crippen LogP contribution in [0.15, 0.2) is 23.3 Å². The quantitative estimate of drug-likeness (QED) is 0.320. The van der Waals surface area contributed by atoms with Crippen molar-refractivity contribution in [3.63, 3.8) is 0 Å². The van der Waals surface area contributed by atoms with Gasteiger partial charge in [-0.05, 0) is 54.4 Å². The van der Waals surface area contributed by atoms with Crippen LogP contribution in [0.5, 0.6) is 17.2 Å². The van der Waals surface area contributed by atoms with Crippen molar-refractivity contribution < 1.29 is 48.3 Å². The van der Waals surface area contributed by atoms with E-state index in [4.69, 9.17) is 23.7 Å². The minimum atomic E-state index is -1.79. The average Bonchev–Trinajstić information content (AvgIpc) is 3.28. The van der Waals surface area contributed by atoms with Gasteiger partial charge in [-0.25, -0.2) is 4.79 Å². The zero-order valence-electron chi connectivity index (χ0n) is 27.7. The highest BCUT2D eigenvalue weighted by Gasteiger charge is 2.90. The van der Waals surface area contributed by atoms with E-state index in [1.54, 1.807) is 0 Å². The van der Waals surface area contributed by atoms with Gasteiger partial charge in [-0.2, -0.15) is 0 Å². The van der Waals surface area contributed by atoms with Crippen molar-refractivity contribution in [2.45, 2.75) is 115 Å². The zero-order valence-corrected chi connectivity index (χ0v) is 27.7. The van der Waals surface area contributed by atoms with Gasteiger partial charge in [0.25, 0.3) is 0 Å². The summed E-state index contributed by atoms with van der Waals surface area (Å²) in [5.41, 5.74) is -4.33. The Morgan fingerprint density at radius 1 is 1.07 bits per heavy atom. The lowest BCUT2D eigenvalue weighted by Gasteiger charge is -2.65. The third-order valence-corrected chi connectivity index (χ3v) is 11.5. The van der Waals surface area contributed by atoms with Crippen LogP contribution in [0.25, 0.3) is 0 Å². The van der Waals surface area contributed by atoms with Gasteiger partial charge < -0.3 is 33.9 Å². The highest BCUT2D eigenvalue weighted by atomic mass is 16.6. The molecule has 10 nitrogen and oxygen atoms in total. The molecule has 3 aliphatic carbocycles. The third kappa shape index (κ3) is 3.64. The minimum Gasteiger partial charge on any atom is -0.507 e. The number of aliphatic carboxylic acids is 1. The van der Waals surface area contributed by atoms with E-state index in [-0.39, 0.29) is 41.6 Å². The van der Waals surface area contributed by atoms with Crippen LogP contribution in [0, 0.1) is 11.8 Å². The van der Waals surface area contributed by atoms with Crippen LogP contribution in [0.4, 0.5) is 0 Å². The number of aromatic hydroxyl groups is 1. The number of rotatable bonds is 7. The summed E-state index contributed by atoms with van der Waals surface area (Å²) in [6, 6.07) is 0. The SMILES string of the molecule is CO[C@H]1[C@@H]2C(=O)c3c(O)c(CC=C(C)C)c4c(c3O[C@]23[C@@H]2C[C@@]1(OC)C(=O)[C@@]3(CC=C(C)C(=O)O)OC2(C)C)C(C)(C)[C@H](C)O4. The van der Waals surface area contributed by atoms with Gasteiger partial charge >= 0.3 is 5.97 Å². The number of carbonyl (C=O) groups excluding carboxylic acids is 2. The first kappa shape index (κ1) is 31.8. The number of carboxylic acids is 1. The van der Waals surface area contributed by atoms with Crippen LogP contribution in [0.2, 0.25) is 0 Å². The monoisotopic (exact) mass is 624 g/mol. The van der Waals surface area contributed by atoms with Gasteiger partial charge in [-0.1, -0.05) is 31.6 Å². The number of phenolic OH excluding ortho intramolecular Hbond substituents is 1. The maximum atomic E-state index is 15.2. The second-order valence-corrected chi connectivity index (χ2v) is 14.7.